The molecular weight excluding hydrogens is 327 g/mol. The van der Waals surface area contributed by atoms with Gasteiger partial charge in [-0.25, -0.2) is 4.98 Å². The van der Waals surface area contributed by atoms with Crippen molar-refractivity contribution in [2.75, 3.05) is 5.75 Å². The van der Waals surface area contributed by atoms with Crippen LogP contribution >= 0.6 is 47.2 Å². The number of nitrogens with zero attached hydrogens (tertiary/aromatic N) is 1. The number of rotatable bonds is 3. The summed E-state index contributed by atoms with van der Waals surface area (Å²) >= 11 is 17.6. The van der Waals surface area contributed by atoms with Gasteiger partial charge in [0.05, 0.1) is 26.8 Å². The summed E-state index contributed by atoms with van der Waals surface area (Å²) in [6, 6.07) is 3.35. The van der Waals surface area contributed by atoms with Crippen LogP contribution in [0.2, 0.25) is 10.0 Å². The molecule has 1 aromatic carbocycles. The molecule has 0 atom stereocenters. The molecule has 5 nitrogen and oxygen atoms in total. The maximum Gasteiger partial charge on any atom is 0.236 e. The fourth-order valence-electron chi connectivity index (χ4n) is 1.36. The number of halogens is 2. The van der Waals surface area contributed by atoms with E-state index < -0.39 is 0 Å². The van der Waals surface area contributed by atoms with Gasteiger partial charge in [-0.3, -0.25) is 4.79 Å². The first-order chi connectivity index (χ1) is 8.95. The van der Waals surface area contributed by atoms with Crippen LogP contribution in [0.15, 0.2) is 17.3 Å². The van der Waals surface area contributed by atoms with Crippen molar-refractivity contribution >= 4 is 69.2 Å². The molecule has 0 aliphatic carbocycles. The number of aromatic nitrogens is 2. The number of benzene rings is 1. The molecule has 1 heterocycles. The zero-order valence-electron chi connectivity index (χ0n) is 9.37. The normalized spacial score (nSPS) is 10.6. The summed E-state index contributed by atoms with van der Waals surface area (Å²) in [7, 11) is 0. The van der Waals surface area contributed by atoms with Gasteiger partial charge in [0, 0.05) is 0 Å². The average molecular weight is 335 g/mol. The predicted octanol–water partition coefficient (Wildman–Crippen LogP) is 2.32. The molecule has 4 N–H and O–H groups in total. The van der Waals surface area contributed by atoms with Gasteiger partial charge in [0.15, 0.2) is 10.3 Å². The Morgan fingerprint density at radius 3 is 2.84 bits per heavy atom. The first-order valence-corrected chi connectivity index (χ1v) is 7.17. The van der Waals surface area contributed by atoms with Gasteiger partial charge in [0.25, 0.3) is 0 Å². The molecular formula is C10H8Cl2N4OS2. The van der Waals surface area contributed by atoms with E-state index in [-0.39, 0.29) is 16.8 Å². The summed E-state index contributed by atoms with van der Waals surface area (Å²) in [6.45, 7) is 0. The third-order valence-corrected chi connectivity index (χ3v) is 3.80. The number of nitrogens with one attached hydrogen (secondary N) is 2. The second-order valence-electron chi connectivity index (χ2n) is 3.53. The fraction of sp³-hybridized carbons (Fsp3) is 0.100. The summed E-state index contributed by atoms with van der Waals surface area (Å²) in [6.07, 6.45) is 0. The summed E-state index contributed by atoms with van der Waals surface area (Å²) in [4.78, 5) is 18.7. The summed E-state index contributed by atoms with van der Waals surface area (Å²) in [5.41, 5.74) is 6.64. The van der Waals surface area contributed by atoms with Crippen molar-refractivity contribution in [3.63, 3.8) is 0 Å². The van der Waals surface area contributed by atoms with Crippen LogP contribution in [0.25, 0.3) is 11.0 Å². The molecule has 0 saturated carbocycles. The Hall–Kier alpha value is -1.02. The SMILES string of the molecule is NC(=S)NC(=O)CSc1nc2cc(Cl)c(Cl)cc2[nH]1. The molecule has 2 rings (SSSR count). The van der Waals surface area contributed by atoms with Gasteiger partial charge in [-0.1, -0.05) is 35.0 Å². The highest BCUT2D eigenvalue weighted by Gasteiger charge is 2.09. The Balaban J connectivity index is 2.09. The Labute approximate surface area is 128 Å². The van der Waals surface area contributed by atoms with Crippen LogP contribution in [0, 0.1) is 0 Å². The Morgan fingerprint density at radius 2 is 2.16 bits per heavy atom. The van der Waals surface area contributed by atoms with Crippen molar-refractivity contribution in [2.24, 2.45) is 5.73 Å². The molecule has 100 valence electrons. The topological polar surface area (TPSA) is 83.8 Å². The van der Waals surface area contributed by atoms with E-state index in [2.05, 4.69) is 27.5 Å². The first kappa shape index (κ1) is 14.4. The van der Waals surface area contributed by atoms with Gasteiger partial charge in [-0.15, -0.1) is 0 Å². The lowest BCUT2D eigenvalue weighted by Crippen LogP contribution is -2.35. The second kappa shape index (κ2) is 5.96. The highest BCUT2D eigenvalue weighted by molar-refractivity contribution is 7.99. The molecule has 0 aliphatic heterocycles. The highest BCUT2D eigenvalue weighted by Crippen LogP contribution is 2.28. The standard InChI is InChI=1S/C10H8Cl2N4OS2/c11-4-1-6-7(2-5(4)12)15-10(14-6)19-3-8(17)16-9(13)18/h1-2H,3H2,(H,14,15)(H3,13,16,17,18). The molecule has 1 amide bonds. The molecule has 0 bridgehead atoms. The molecule has 0 radical (unpaired) electrons. The molecule has 0 unspecified atom stereocenters. The number of thioether (sulfide) groups is 1. The fourth-order valence-corrected chi connectivity index (χ4v) is 2.48. The number of amides is 1. The van der Waals surface area contributed by atoms with Crippen LogP contribution < -0.4 is 11.1 Å². The number of hydrogen-bond donors (Lipinski definition) is 3. The summed E-state index contributed by atoms with van der Waals surface area (Å²) in [5.74, 6) is -0.132. The smallest absolute Gasteiger partial charge is 0.236 e. The predicted molar refractivity (Wildman–Crippen MR) is 81.8 cm³/mol. The Bertz CT molecular complexity index is 619. The van der Waals surface area contributed by atoms with E-state index in [0.29, 0.717) is 20.7 Å². The molecule has 0 aliphatic rings. The lowest BCUT2D eigenvalue weighted by molar-refractivity contribution is -0.117. The van der Waals surface area contributed by atoms with E-state index in [1.807, 2.05) is 0 Å². The minimum atomic E-state index is -0.283. The van der Waals surface area contributed by atoms with Crippen molar-refractivity contribution in [3.8, 4) is 0 Å². The minimum Gasteiger partial charge on any atom is -0.376 e. The second-order valence-corrected chi connectivity index (χ2v) is 5.74. The van der Waals surface area contributed by atoms with Gasteiger partial charge in [0.1, 0.15) is 0 Å². The number of fused-ring (bicyclic) bond motifs is 1. The maximum absolute atomic E-state index is 11.4. The number of nitrogens with two attached hydrogens (primary N) is 1. The first-order valence-electron chi connectivity index (χ1n) is 5.02. The molecule has 19 heavy (non-hydrogen) atoms. The van der Waals surface area contributed by atoms with E-state index in [1.54, 1.807) is 12.1 Å². The maximum atomic E-state index is 11.4. The van der Waals surface area contributed by atoms with Crippen LogP contribution in [0.3, 0.4) is 0 Å². The quantitative estimate of drug-likeness (QED) is 0.592. The number of imidazole rings is 1. The molecule has 9 heteroatoms. The van der Waals surface area contributed by atoms with E-state index >= 15 is 0 Å². The Morgan fingerprint density at radius 1 is 1.47 bits per heavy atom. The highest BCUT2D eigenvalue weighted by atomic mass is 35.5. The summed E-state index contributed by atoms with van der Waals surface area (Å²) < 4.78 is 0. The lowest BCUT2D eigenvalue weighted by atomic mass is 10.3. The monoisotopic (exact) mass is 334 g/mol. The molecule has 0 fully saturated rings. The number of hydrogen-bond acceptors (Lipinski definition) is 4. The van der Waals surface area contributed by atoms with Crippen molar-refractivity contribution in [1.29, 1.82) is 0 Å². The number of thiocarbonyl (C=S) groups is 1. The summed E-state index contributed by atoms with van der Waals surface area (Å²) in [5, 5.41) is 3.75. The zero-order valence-corrected chi connectivity index (χ0v) is 12.5. The van der Waals surface area contributed by atoms with Crippen molar-refractivity contribution in [3.05, 3.63) is 22.2 Å². The van der Waals surface area contributed by atoms with E-state index in [1.165, 1.54) is 11.8 Å². The van der Waals surface area contributed by atoms with Gasteiger partial charge < -0.3 is 16.0 Å². The lowest BCUT2D eigenvalue weighted by Gasteiger charge is -1.99. The number of H-pyrrole nitrogens is 1. The van der Waals surface area contributed by atoms with E-state index in [9.17, 15) is 4.79 Å². The zero-order chi connectivity index (χ0) is 14.0. The van der Waals surface area contributed by atoms with Crippen LogP contribution in [-0.4, -0.2) is 26.7 Å². The van der Waals surface area contributed by atoms with Crippen molar-refractivity contribution in [2.45, 2.75) is 5.16 Å². The number of carbonyl (C=O) groups excluding carboxylic acids is 1. The molecule has 1 aromatic heterocycles. The average Bonchev–Trinajstić information content (AvgIpc) is 2.68. The number of aromatic amines is 1. The van der Waals surface area contributed by atoms with E-state index in [0.717, 1.165) is 5.52 Å². The van der Waals surface area contributed by atoms with Gasteiger partial charge in [-0.05, 0) is 24.4 Å². The Kier molecular flexibility index (Phi) is 4.51. The van der Waals surface area contributed by atoms with Crippen molar-refractivity contribution < 1.29 is 4.79 Å². The molecule has 0 saturated heterocycles. The van der Waals surface area contributed by atoms with Gasteiger partial charge in [0.2, 0.25) is 5.91 Å². The van der Waals surface area contributed by atoms with Crippen LogP contribution in [0.1, 0.15) is 0 Å². The van der Waals surface area contributed by atoms with Gasteiger partial charge in [-0.2, -0.15) is 0 Å². The third kappa shape index (κ3) is 3.73. The van der Waals surface area contributed by atoms with E-state index in [4.69, 9.17) is 28.9 Å². The largest absolute Gasteiger partial charge is 0.376 e. The molecule has 2 aromatic rings. The number of carbonyl (C=O) groups is 1. The van der Waals surface area contributed by atoms with Crippen LogP contribution in [0.5, 0.6) is 0 Å². The molecule has 0 spiro atoms. The third-order valence-electron chi connectivity index (χ3n) is 2.10. The minimum absolute atomic E-state index is 0.0474. The van der Waals surface area contributed by atoms with Crippen molar-refractivity contribution in [1.82, 2.24) is 15.3 Å². The van der Waals surface area contributed by atoms with Crippen LogP contribution in [0.4, 0.5) is 0 Å². The van der Waals surface area contributed by atoms with Crippen LogP contribution in [-0.2, 0) is 4.79 Å². The van der Waals surface area contributed by atoms with Gasteiger partial charge >= 0.3 is 0 Å².